The van der Waals surface area contributed by atoms with Gasteiger partial charge in [0.25, 0.3) is 0 Å². The number of rotatable bonds is 7. The lowest BCUT2D eigenvalue weighted by Crippen LogP contribution is -2.43. The summed E-state index contributed by atoms with van der Waals surface area (Å²) >= 11 is 0. The van der Waals surface area contributed by atoms with Crippen molar-refractivity contribution in [2.45, 2.75) is 58.1 Å². The van der Waals surface area contributed by atoms with Gasteiger partial charge < -0.3 is 15.2 Å². The third kappa shape index (κ3) is 3.05. The zero-order chi connectivity index (χ0) is 14.1. The van der Waals surface area contributed by atoms with E-state index in [-0.39, 0.29) is 6.10 Å². The first-order valence-corrected chi connectivity index (χ1v) is 8.64. The van der Waals surface area contributed by atoms with Crippen molar-refractivity contribution >= 4 is 0 Å². The van der Waals surface area contributed by atoms with Crippen LogP contribution in [-0.4, -0.2) is 37.0 Å². The summed E-state index contributed by atoms with van der Waals surface area (Å²) in [5, 5.41) is 13.6. The van der Waals surface area contributed by atoms with E-state index in [0.717, 1.165) is 30.3 Å². The van der Waals surface area contributed by atoms with Crippen LogP contribution in [0, 0.1) is 29.6 Å². The van der Waals surface area contributed by atoms with Crippen LogP contribution in [0.15, 0.2) is 0 Å². The second kappa shape index (κ2) is 6.33. The maximum atomic E-state index is 9.99. The highest BCUT2D eigenvalue weighted by molar-refractivity contribution is 5.05. The van der Waals surface area contributed by atoms with E-state index < -0.39 is 0 Å². The lowest BCUT2D eigenvalue weighted by atomic mass is 9.79. The molecule has 0 saturated heterocycles. The molecule has 3 rings (SSSR count). The Hall–Kier alpha value is -0.120. The zero-order valence-corrected chi connectivity index (χ0v) is 13.1. The van der Waals surface area contributed by atoms with Gasteiger partial charge in [-0.3, -0.25) is 0 Å². The SMILES string of the molecule is CC(C)COCC(O)CNC1CC2CC1C1CCCC21. The lowest BCUT2D eigenvalue weighted by Gasteiger charge is -2.32. The first-order valence-electron chi connectivity index (χ1n) is 8.64. The van der Waals surface area contributed by atoms with Gasteiger partial charge in [0, 0.05) is 19.2 Å². The minimum atomic E-state index is -0.354. The molecule has 3 nitrogen and oxygen atoms in total. The van der Waals surface area contributed by atoms with E-state index in [1.165, 1.54) is 32.1 Å². The van der Waals surface area contributed by atoms with Crippen molar-refractivity contribution in [3.05, 3.63) is 0 Å². The molecule has 3 aliphatic rings. The average molecular weight is 281 g/mol. The fourth-order valence-corrected chi connectivity index (χ4v) is 5.09. The molecule has 116 valence electrons. The van der Waals surface area contributed by atoms with Crippen LogP contribution in [0.3, 0.4) is 0 Å². The highest BCUT2D eigenvalue weighted by atomic mass is 16.5. The Morgan fingerprint density at radius 2 is 1.90 bits per heavy atom. The minimum Gasteiger partial charge on any atom is -0.389 e. The van der Waals surface area contributed by atoms with Crippen LogP contribution in [0.5, 0.6) is 0 Å². The Bertz CT molecular complexity index is 320. The Morgan fingerprint density at radius 1 is 1.10 bits per heavy atom. The predicted octanol–water partition coefficient (Wildman–Crippen LogP) is 2.43. The van der Waals surface area contributed by atoms with Gasteiger partial charge in [0.15, 0.2) is 0 Å². The van der Waals surface area contributed by atoms with Crippen molar-refractivity contribution in [2.24, 2.45) is 29.6 Å². The molecule has 20 heavy (non-hydrogen) atoms. The first-order chi connectivity index (χ1) is 9.65. The van der Waals surface area contributed by atoms with E-state index in [0.29, 0.717) is 25.1 Å². The molecule has 3 fully saturated rings. The van der Waals surface area contributed by atoms with Crippen molar-refractivity contribution in [1.29, 1.82) is 0 Å². The molecule has 3 saturated carbocycles. The van der Waals surface area contributed by atoms with Crippen molar-refractivity contribution < 1.29 is 9.84 Å². The summed E-state index contributed by atoms with van der Waals surface area (Å²) in [6.45, 7) is 6.19. The van der Waals surface area contributed by atoms with Crippen LogP contribution >= 0.6 is 0 Å². The molecule has 0 amide bonds. The smallest absolute Gasteiger partial charge is 0.0897 e. The number of aliphatic hydroxyl groups is 1. The second-order valence-corrected chi connectivity index (χ2v) is 7.75. The monoisotopic (exact) mass is 281 g/mol. The van der Waals surface area contributed by atoms with E-state index >= 15 is 0 Å². The molecule has 3 aliphatic carbocycles. The Balaban J connectivity index is 1.37. The van der Waals surface area contributed by atoms with E-state index in [1.807, 2.05) is 0 Å². The quantitative estimate of drug-likeness (QED) is 0.753. The molecule has 2 bridgehead atoms. The van der Waals surface area contributed by atoms with E-state index in [4.69, 9.17) is 4.74 Å². The second-order valence-electron chi connectivity index (χ2n) is 7.75. The van der Waals surface area contributed by atoms with Crippen LogP contribution in [0.25, 0.3) is 0 Å². The Kier molecular flexibility index (Phi) is 4.68. The van der Waals surface area contributed by atoms with Gasteiger partial charge in [-0.15, -0.1) is 0 Å². The summed E-state index contributed by atoms with van der Waals surface area (Å²) in [5.41, 5.74) is 0. The van der Waals surface area contributed by atoms with Gasteiger partial charge in [0.2, 0.25) is 0 Å². The zero-order valence-electron chi connectivity index (χ0n) is 13.1. The third-order valence-electron chi connectivity index (χ3n) is 5.81. The number of ether oxygens (including phenoxy) is 1. The fourth-order valence-electron chi connectivity index (χ4n) is 5.09. The molecular formula is C17H31NO2. The van der Waals surface area contributed by atoms with E-state index in [1.54, 1.807) is 0 Å². The topological polar surface area (TPSA) is 41.5 Å². The fraction of sp³-hybridized carbons (Fsp3) is 1.00. The van der Waals surface area contributed by atoms with Crippen LogP contribution < -0.4 is 5.32 Å². The van der Waals surface area contributed by atoms with Crippen LogP contribution in [0.2, 0.25) is 0 Å². The summed E-state index contributed by atoms with van der Waals surface area (Å²) < 4.78 is 5.51. The summed E-state index contributed by atoms with van der Waals surface area (Å²) in [5.74, 6) is 4.48. The van der Waals surface area contributed by atoms with Gasteiger partial charge >= 0.3 is 0 Å². The van der Waals surface area contributed by atoms with Crippen LogP contribution in [0.4, 0.5) is 0 Å². The minimum absolute atomic E-state index is 0.354. The molecule has 0 aromatic rings. The van der Waals surface area contributed by atoms with Crippen molar-refractivity contribution in [1.82, 2.24) is 5.32 Å². The number of hydrogen-bond donors (Lipinski definition) is 2. The number of aliphatic hydroxyl groups excluding tert-OH is 1. The molecule has 0 radical (unpaired) electrons. The Labute approximate surface area is 123 Å². The molecule has 0 aromatic carbocycles. The van der Waals surface area contributed by atoms with E-state index in [9.17, 15) is 5.11 Å². The highest BCUT2D eigenvalue weighted by Crippen LogP contribution is 2.58. The van der Waals surface area contributed by atoms with Crippen molar-refractivity contribution in [2.75, 3.05) is 19.8 Å². The molecule has 3 heteroatoms. The average Bonchev–Trinajstić information content (AvgIpc) is 3.08. The van der Waals surface area contributed by atoms with Gasteiger partial charge in [-0.05, 0) is 55.3 Å². The summed E-state index contributed by atoms with van der Waals surface area (Å²) in [4.78, 5) is 0. The largest absolute Gasteiger partial charge is 0.389 e. The lowest BCUT2D eigenvalue weighted by molar-refractivity contribution is 0.0232. The van der Waals surface area contributed by atoms with Crippen molar-refractivity contribution in [3.8, 4) is 0 Å². The van der Waals surface area contributed by atoms with Crippen LogP contribution in [0.1, 0.15) is 46.0 Å². The summed E-state index contributed by atoms with van der Waals surface area (Å²) in [7, 11) is 0. The normalized spacial score (nSPS) is 40.5. The maximum absolute atomic E-state index is 9.99. The Morgan fingerprint density at radius 3 is 2.70 bits per heavy atom. The molecule has 6 unspecified atom stereocenters. The van der Waals surface area contributed by atoms with Gasteiger partial charge in [0.05, 0.1) is 12.7 Å². The maximum Gasteiger partial charge on any atom is 0.0897 e. The van der Waals surface area contributed by atoms with E-state index in [2.05, 4.69) is 19.2 Å². The first kappa shape index (κ1) is 14.8. The van der Waals surface area contributed by atoms with Crippen molar-refractivity contribution in [3.63, 3.8) is 0 Å². The standard InChI is InChI=1S/C17H31NO2/c1-11(2)9-20-10-13(19)8-18-17-7-12-6-16(17)15-5-3-4-14(12)15/h11-19H,3-10H2,1-2H3. The molecule has 0 aromatic heterocycles. The molecule has 6 atom stereocenters. The number of fused-ring (bicyclic) bond motifs is 5. The van der Waals surface area contributed by atoms with Gasteiger partial charge in [-0.25, -0.2) is 0 Å². The molecule has 0 spiro atoms. The van der Waals surface area contributed by atoms with Gasteiger partial charge in [0.1, 0.15) is 0 Å². The third-order valence-corrected chi connectivity index (χ3v) is 5.81. The molecule has 0 heterocycles. The summed E-state index contributed by atoms with van der Waals surface area (Å²) in [6.07, 6.45) is 6.86. The van der Waals surface area contributed by atoms with Crippen LogP contribution in [-0.2, 0) is 4.74 Å². The molecular weight excluding hydrogens is 250 g/mol. The summed E-state index contributed by atoms with van der Waals surface area (Å²) in [6, 6.07) is 0.666. The molecule has 0 aliphatic heterocycles. The van der Waals surface area contributed by atoms with Gasteiger partial charge in [-0.2, -0.15) is 0 Å². The highest BCUT2D eigenvalue weighted by Gasteiger charge is 2.53. The predicted molar refractivity (Wildman–Crippen MR) is 80.5 cm³/mol. The number of hydrogen-bond acceptors (Lipinski definition) is 3. The molecule has 2 N–H and O–H groups in total. The van der Waals surface area contributed by atoms with Gasteiger partial charge in [-0.1, -0.05) is 20.3 Å². The number of nitrogens with one attached hydrogen (secondary N) is 1.